The zero-order valence-corrected chi connectivity index (χ0v) is 12.5. The van der Waals surface area contributed by atoms with E-state index >= 15 is 0 Å². The maximum Gasteiger partial charge on any atom is 0.254 e. The second-order valence-corrected chi connectivity index (χ2v) is 5.20. The molecule has 1 aliphatic heterocycles. The Morgan fingerprint density at radius 2 is 1.64 bits per heavy atom. The molecule has 2 amide bonds. The molecular formula is C15H20N2O5. The van der Waals surface area contributed by atoms with Crippen molar-refractivity contribution in [1.29, 1.82) is 0 Å². The lowest BCUT2D eigenvalue weighted by atomic mass is 10.1. The van der Waals surface area contributed by atoms with Crippen molar-refractivity contribution in [3.05, 3.63) is 23.8 Å². The molecule has 1 saturated heterocycles. The van der Waals surface area contributed by atoms with Crippen molar-refractivity contribution >= 4 is 11.8 Å². The van der Waals surface area contributed by atoms with Crippen molar-refractivity contribution in [2.45, 2.75) is 6.42 Å². The largest absolute Gasteiger partial charge is 0.508 e. The molecule has 1 aromatic carbocycles. The Morgan fingerprint density at radius 1 is 1.05 bits per heavy atom. The van der Waals surface area contributed by atoms with Crippen molar-refractivity contribution in [1.82, 2.24) is 9.80 Å². The SMILES string of the molecule is COCC(=O)N1CCCN(C(=O)c2cc(O)cc(O)c2)CC1. The summed E-state index contributed by atoms with van der Waals surface area (Å²) in [4.78, 5) is 27.5. The molecule has 0 atom stereocenters. The van der Waals surface area contributed by atoms with Gasteiger partial charge in [-0.3, -0.25) is 9.59 Å². The number of nitrogens with zero attached hydrogens (tertiary/aromatic N) is 2. The van der Waals surface area contributed by atoms with Crippen LogP contribution in [0.5, 0.6) is 11.5 Å². The van der Waals surface area contributed by atoms with E-state index in [-0.39, 0.29) is 35.5 Å². The third kappa shape index (κ3) is 3.88. The average Bonchev–Trinajstić information content (AvgIpc) is 2.71. The zero-order valence-electron chi connectivity index (χ0n) is 12.5. The second kappa shape index (κ2) is 7.13. The van der Waals surface area contributed by atoms with E-state index in [0.29, 0.717) is 32.6 Å². The number of phenols is 2. The maximum absolute atomic E-state index is 12.4. The third-order valence-electron chi connectivity index (χ3n) is 3.55. The number of amides is 2. The van der Waals surface area contributed by atoms with E-state index in [0.717, 1.165) is 0 Å². The smallest absolute Gasteiger partial charge is 0.254 e. The molecular weight excluding hydrogens is 288 g/mol. The van der Waals surface area contributed by atoms with Crippen LogP contribution in [0, 0.1) is 0 Å². The summed E-state index contributed by atoms with van der Waals surface area (Å²) >= 11 is 0. The number of ether oxygens (including phenoxy) is 1. The van der Waals surface area contributed by atoms with Gasteiger partial charge in [-0.15, -0.1) is 0 Å². The highest BCUT2D eigenvalue weighted by Gasteiger charge is 2.23. The molecule has 0 saturated carbocycles. The number of phenolic OH excluding ortho intramolecular Hbond substituents is 2. The predicted molar refractivity (Wildman–Crippen MR) is 78.7 cm³/mol. The molecule has 120 valence electrons. The van der Waals surface area contributed by atoms with Gasteiger partial charge in [0.2, 0.25) is 5.91 Å². The van der Waals surface area contributed by atoms with Crippen molar-refractivity contribution in [2.24, 2.45) is 0 Å². The summed E-state index contributed by atoms with van der Waals surface area (Å²) in [7, 11) is 1.47. The van der Waals surface area contributed by atoms with Crippen LogP contribution in [0.4, 0.5) is 0 Å². The Hall–Kier alpha value is -2.28. The molecule has 7 nitrogen and oxygen atoms in total. The summed E-state index contributed by atoms with van der Waals surface area (Å²) in [6, 6.07) is 3.81. The van der Waals surface area contributed by atoms with E-state index in [9.17, 15) is 19.8 Å². The van der Waals surface area contributed by atoms with Crippen molar-refractivity contribution < 1.29 is 24.5 Å². The number of aromatic hydroxyl groups is 2. The number of benzene rings is 1. The summed E-state index contributed by atoms with van der Waals surface area (Å²) in [5.41, 5.74) is 0.231. The first-order chi connectivity index (χ1) is 10.5. The molecule has 22 heavy (non-hydrogen) atoms. The van der Waals surface area contributed by atoms with Crippen LogP contribution in [0.3, 0.4) is 0 Å². The Bertz CT molecular complexity index is 541. The number of hydrogen-bond donors (Lipinski definition) is 2. The van der Waals surface area contributed by atoms with Crippen LogP contribution in [0.25, 0.3) is 0 Å². The fraction of sp³-hybridized carbons (Fsp3) is 0.467. The van der Waals surface area contributed by atoms with Crippen LogP contribution in [0.1, 0.15) is 16.8 Å². The molecule has 1 aromatic rings. The monoisotopic (exact) mass is 308 g/mol. The molecule has 7 heteroatoms. The van der Waals surface area contributed by atoms with Gasteiger partial charge in [0, 0.05) is 44.9 Å². The van der Waals surface area contributed by atoms with Crippen LogP contribution in [-0.2, 0) is 9.53 Å². The molecule has 0 radical (unpaired) electrons. The van der Waals surface area contributed by atoms with Gasteiger partial charge in [0.15, 0.2) is 0 Å². The first kappa shape index (κ1) is 16.1. The minimum absolute atomic E-state index is 0.0361. The molecule has 1 aliphatic rings. The number of methoxy groups -OCH3 is 1. The van der Waals surface area contributed by atoms with Gasteiger partial charge in [-0.25, -0.2) is 0 Å². The Balaban J connectivity index is 2.04. The molecule has 0 aliphatic carbocycles. The molecule has 0 bridgehead atoms. The van der Waals surface area contributed by atoms with Gasteiger partial charge < -0.3 is 24.7 Å². The molecule has 0 aromatic heterocycles. The third-order valence-corrected chi connectivity index (χ3v) is 3.55. The number of carbonyl (C=O) groups excluding carboxylic acids is 2. The van der Waals surface area contributed by atoms with E-state index in [2.05, 4.69) is 0 Å². The first-order valence-corrected chi connectivity index (χ1v) is 7.10. The van der Waals surface area contributed by atoms with Crippen LogP contribution >= 0.6 is 0 Å². The topological polar surface area (TPSA) is 90.3 Å². The number of carbonyl (C=O) groups is 2. The lowest BCUT2D eigenvalue weighted by Gasteiger charge is -2.22. The predicted octanol–water partition coefficient (Wildman–Crippen LogP) is 0.419. The van der Waals surface area contributed by atoms with Crippen LogP contribution < -0.4 is 0 Å². The van der Waals surface area contributed by atoms with Gasteiger partial charge >= 0.3 is 0 Å². The fourth-order valence-corrected chi connectivity index (χ4v) is 2.49. The highest BCUT2D eigenvalue weighted by Crippen LogP contribution is 2.22. The van der Waals surface area contributed by atoms with E-state index in [1.807, 2.05) is 0 Å². The molecule has 0 spiro atoms. The standard InChI is InChI=1S/C15H20N2O5/c1-22-10-14(20)16-3-2-4-17(6-5-16)15(21)11-7-12(18)9-13(19)8-11/h7-9,18-19H,2-6,10H2,1H3. The van der Waals surface area contributed by atoms with Gasteiger partial charge in [-0.2, -0.15) is 0 Å². The van der Waals surface area contributed by atoms with E-state index < -0.39 is 0 Å². The second-order valence-electron chi connectivity index (χ2n) is 5.20. The van der Waals surface area contributed by atoms with Crippen LogP contribution in [0.15, 0.2) is 18.2 Å². The highest BCUT2D eigenvalue weighted by atomic mass is 16.5. The Morgan fingerprint density at radius 3 is 2.27 bits per heavy atom. The van der Waals surface area contributed by atoms with Crippen molar-refractivity contribution in [3.8, 4) is 11.5 Å². The van der Waals surface area contributed by atoms with Crippen molar-refractivity contribution in [3.63, 3.8) is 0 Å². The number of hydrogen-bond acceptors (Lipinski definition) is 5. The summed E-state index contributed by atoms with van der Waals surface area (Å²) in [6.07, 6.45) is 0.673. The molecule has 1 fully saturated rings. The minimum Gasteiger partial charge on any atom is -0.508 e. The lowest BCUT2D eigenvalue weighted by molar-refractivity contribution is -0.135. The van der Waals surface area contributed by atoms with E-state index in [4.69, 9.17) is 4.74 Å². The molecule has 1 heterocycles. The molecule has 0 unspecified atom stereocenters. The van der Waals surface area contributed by atoms with Crippen molar-refractivity contribution in [2.75, 3.05) is 39.9 Å². The number of rotatable bonds is 3. The maximum atomic E-state index is 12.4. The van der Waals surface area contributed by atoms with Crippen LogP contribution in [-0.4, -0.2) is 71.7 Å². The van der Waals surface area contributed by atoms with E-state index in [1.54, 1.807) is 9.80 Å². The van der Waals surface area contributed by atoms with Gasteiger partial charge in [-0.1, -0.05) is 0 Å². The summed E-state index contributed by atoms with van der Waals surface area (Å²) in [5.74, 6) is -0.677. The normalized spacial score (nSPS) is 15.5. The summed E-state index contributed by atoms with van der Waals surface area (Å²) < 4.78 is 4.84. The van der Waals surface area contributed by atoms with Gasteiger partial charge in [0.25, 0.3) is 5.91 Å². The lowest BCUT2D eigenvalue weighted by Crippen LogP contribution is -2.38. The summed E-state index contributed by atoms with van der Waals surface area (Å²) in [6.45, 7) is 1.99. The zero-order chi connectivity index (χ0) is 16.1. The highest BCUT2D eigenvalue weighted by molar-refractivity contribution is 5.95. The van der Waals surface area contributed by atoms with Crippen LogP contribution in [0.2, 0.25) is 0 Å². The Labute approximate surface area is 128 Å². The molecule has 2 rings (SSSR count). The van der Waals surface area contributed by atoms with E-state index in [1.165, 1.54) is 25.3 Å². The van der Waals surface area contributed by atoms with Gasteiger partial charge in [-0.05, 0) is 18.6 Å². The van der Waals surface area contributed by atoms with Gasteiger partial charge in [0.1, 0.15) is 18.1 Å². The Kier molecular flexibility index (Phi) is 5.21. The first-order valence-electron chi connectivity index (χ1n) is 7.10. The quantitative estimate of drug-likeness (QED) is 0.844. The minimum atomic E-state index is -0.271. The fourth-order valence-electron chi connectivity index (χ4n) is 2.49. The average molecular weight is 308 g/mol. The van der Waals surface area contributed by atoms with Gasteiger partial charge in [0.05, 0.1) is 0 Å². The summed E-state index contributed by atoms with van der Waals surface area (Å²) in [5, 5.41) is 18.9. The molecule has 2 N–H and O–H groups in total.